The quantitative estimate of drug-likeness (QED) is 0.176. The molecule has 1 aliphatic rings. The van der Waals surface area contributed by atoms with Gasteiger partial charge in [-0.3, -0.25) is 4.57 Å². The topological polar surface area (TPSA) is 48.5 Å². The number of nitrogens with zero attached hydrogens (tertiary/aromatic N) is 5. The molecule has 0 unspecified atom stereocenters. The first kappa shape index (κ1) is 33.5. The molecule has 0 saturated heterocycles. The SMILES string of the molecule is CC1(C)c2ccccc2-c2ccc(-c3cccc(-n4c5ccccc5c5ccc6c7ccccc7n(-c7nc(-c8ccccc8)nc(-c8ccccc8)n7)c6c54)c3)cc21. The molecule has 12 rings (SSSR count). The predicted molar refractivity (Wildman–Crippen MR) is 242 cm³/mol. The molecule has 0 spiro atoms. The van der Waals surface area contributed by atoms with Gasteiger partial charge in [-0.15, -0.1) is 0 Å². The van der Waals surface area contributed by atoms with Crippen LogP contribution in [-0.4, -0.2) is 24.1 Å². The van der Waals surface area contributed by atoms with E-state index in [-0.39, 0.29) is 5.41 Å². The summed E-state index contributed by atoms with van der Waals surface area (Å²) < 4.78 is 4.70. The molecule has 278 valence electrons. The van der Waals surface area contributed by atoms with Crippen molar-refractivity contribution in [2.75, 3.05) is 0 Å². The fourth-order valence-electron chi connectivity index (χ4n) is 9.58. The molecule has 1 aliphatic carbocycles. The third-order valence-corrected chi connectivity index (χ3v) is 12.4. The Bertz CT molecular complexity index is 3410. The number of hydrogen-bond acceptors (Lipinski definition) is 3. The van der Waals surface area contributed by atoms with Gasteiger partial charge in [-0.2, -0.15) is 9.97 Å². The maximum atomic E-state index is 5.28. The second-order valence-electron chi connectivity index (χ2n) is 16.1. The van der Waals surface area contributed by atoms with Crippen molar-refractivity contribution in [2.45, 2.75) is 19.3 Å². The number of benzene rings is 8. The average molecular weight is 756 g/mol. The van der Waals surface area contributed by atoms with E-state index in [1.807, 2.05) is 36.4 Å². The molecule has 0 radical (unpaired) electrons. The number of para-hydroxylation sites is 2. The molecule has 3 aromatic heterocycles. The largest absolute Gasteiger partial charge is 0.307 e. The van der Waals surface area contributed by atoms with E-state index in [2.05, 4.69) is 175 Å². The molecular formula is C54H37N5. The fourth-order valence-corrected chi connectivity index (χ4v) is 9.58. The van der Waals surface area contributed by atoms with Crippen LogP contribution < -0.4 is 0 Å². The van der Waals surface area contributed by atoms with Gasteiger partial charge in [0.1, 0.15) is 0 Å². The minimum absolute atomic E-state index is 0.0822. The van der Waals surface area contributed by atoms with Gasteiger partial charge in [0.05, 0.1) is 22.1 Å². The first-order valence-electron chi connectivity index (χ1n) is 20.2. The molecule has 0 fully saturated rings. The normalized spacial score (nSPS) is 13.1. The lowest BCUT2D eigenvalue weighted by Crippen LogP contribution is -2.14. The molecule has 0 aliphatic heterocycles. The van der Waals surface area contributed by atoms with Gasteiger partial charge < -0.3 is 4.57 Å². The van der Waals surface area contributed by atoms with E-state index >= 15 is 0 Å². The molecule has 0 N–H and O–H groups in total. The maximum absolute atomic E-state index is 5.28. The predicted octanol–water partition coefficient (Wildman–Crippen LogP) is 13.4. The molecule has 0 amide bonds. The zero-order valence-corrected chi connectivity index (χ0v) is 32.6. The first-order valence-corrected chi connectivity index (χ1v) is 20.2. The van der Waals surface area contributed by atoms with Crippen LogP contribution in [0.1, 0.15) is 25.0 Å². The summed E-state index contributed by atoms with van der Waals surface area (Å²) in [7, 11) is 0. The maximum Gasteiger partial charge on any atom is 0.238 e. The first-order chi connectivity index (χ1) is 29.0. The Morgan fingerprint density at radius 2 is 0.898 bits per heavy atom. The second-order valence-corrected chi connectivity index (χ2v) is 16.1. The highest BCUT2D eigenvalue weighted by atomic mass is 15.2. The van der Waals surface area contributed by atoms with Crippen LogP contribution in [0.15, 0.2) is 188 Å². The standard InChI is InChI=1S/C54H37N5/c1-54(2)45-25-12-9-22-39(45)40-29-28-37(33-46(40)54)36-20-15-21-38(32-36)58-47-26-13-10-23-41(47)43-30-31-44-42-24-11-14-27-48(42)59(50(44)49(43)58)53-56-51(34-16-5-3-6-17-34)55-52(57-53)35-18-7-4-8-19-35/h3-33H,1-2H3. The highest BCUT2D eigenvalue weighted by Gasteiger charge is 2.35. The van der Waals surface area contributed by atoms with Crippen LogP contribution in [0.4, 0.5) is 0 Å². The zero-order chi connectivity index (χ0) is 39.2. The van der Waals surface area contributed by atoms with Crippen LogP contribution in [-0.2, 0) is 5.41 Å². The Balaban J connectivity index is 1.14. The number of hydrogen-bond donors (Lipinski definition) is 0. The van der Waals surface area contributed by atoms with E-state index in [9.17, 15) is 0 Å². The lowest BCUT2D eigenvalue weighted by molar-refractivity contribution is 0.660. The summed E-state index contributed by atoms with van der Waals surface area (Å²) in [6.07, 6.45) is 0. The van der Waals surface area contributed by atoms with Crippen LogP contribution in [0.25, 0.3) is 100 Å². The minimum atomic E-state index is -0.0822. The number of fused-ring (bicyclic) bond motifs is 10. The summed E-state index contributed by atoms with van der Waals surface area (Å²) in [5.74, 6) is 1.83. The summed E-state index contributed by atoms with van der Waals surface area (Å²) in [6.45, 7) is 4.69. The Labute approximate surface area is 341 Å². The zero-order valence-electron chi connectivity index (χ0n) is 32.6. The van der Waals surface area contributed by atoms with Crippen molar-refractivity contribution < 1.29 is 0 Å². The molecule has 0 saturated carbocycles. The smallest absolute Gasteiger partial charge is 0.238 e. The fraction of sp³-hybridized carbons (Fsp3) is 0.0556. The summed E-state index contributed by atoms with van der Waals surface area (Å²) in [6, 6.07) is 67.1. The van der Waals surface area contributed by atoms with Gasteiger partial charge in [-0.1, -0.05) is 172 Å². The Hall–Kier alpha value is -7.63. The van der Waals surface area contributed by atoms with Gasteiger partial charge in [-0.05, 0) is 63.7 Å². The van der Waals surface area contributed by atoms with Crippen LogP contribution in [0.3, 0.4) is 0 Å². The van der Waals surface area contributed by atoms with Gasteiger partial charge >= 0.3 is 0 Å². The van der Waals surface area contributed by atoms with E-state index in [4.69, 9.17) is 15.0 Å². The van der Waals surface area contributed by atoms with Crippen molar-refractivity contribution in [1.29, 1.82) is 0 Å². The monoisotopic (exact) mass is 755 g/mol. The molecule has 11 aromatic rings. The third kappa shape index (κ3) is 5.01. The summed E-state index contributed by atoms with van der Waals surface area (Å²) in [4.78, 5) is 15.6. The molecule has 0 atom stereocenters. The van der Waals surface area contributed by atoms with Crippen LogP contribution in [0.5, 0.6) is 0 Å². The Morgan fingerprint density at radius 1 is 0.373 bits per heavy atom. The van der Waals surface area contributed by atoms with Crippen LogP contribution in [0.2, 0.25) is 0 Å². The van der Waals surface area contributed by atoms with Crippen LogP contribution in [0, 0.1) is 0 Å². The van der Waals surface area contributed by atoms with Crippen molar-refractivity contribution in [3.05, 3.63) is 199 Å². The van der Waals surface area contributed by atoms with E-state index in [0.717, 1.165) is 49.7 Å². The molecular weight excluding hydrogens is 719 g/mol. The molecule has 8 aromatic carbocycles. The van der Waals surface area contributed by atoms with E-state index in [1.54, 1.807) is 0 Å². The molecule has 3 heterocycles. The molecule has 0 bridgehead atoms. The number of aromatic nitrogens is 5. The summed E-state index contributed by atoms with van der Waals surface area (Å²) in [5, 5.41) is 4.63. The second kappa shape index (κ2) is 12.7. The summed E-state index contributed by atoms with van der Waals surface area (Å²) >= 11 is 0. The molecule has 5 nitrogen and oxygen atoms in total. The van der Waals surface area contributed by atoms with E-state index in [0.29, 0.717) is 17.6 Å². The molecule has 59 heavy (non-hydrogen) atoms. The molecule has 5 heteroatoms. The van der Waals surface area contributed by atoms with Crippen molar-refractivity contribution >= 4 is 43.6 Å². The van der Waals surface area contributed by atoms with Gasteiger partial charge in [0, 0.05) is 43.8 Å². The van der Waals surface area contributed by atoms with Crippen molar-refractivity contribution in [3.63, 3.8) is 0 Å². The van der Waals surface area contributed by atoms with Crippen molar-refractivity contribution in [3.8, 4) is 56.7 Å². The van der Waals surface area contributed by atoms with Gasteiger partial charge in [0.2, 0.25) is 5.95 Å². The lowest BCUT2D eigenvalue weighted by atomic mass is 9.81. The Morgan fingerprint density at radius 3 is 1.58 bits per heavy atom. The highest BCUT2D eigenvalue weighted by molar-refractivity contribution is 6.23. The van der Waals surface area contributed by atoms with Crippen LogP contribution >= 0.6 is 0 Å². The van der Waals surface area contributed by atoms with E-state index in [1.165, 1.54) is 44.2 Å². The minimum Gasteiger partial charge on any atom is -0.307 e. The highest BCUT2D eigenvalue weighted by Crippen LogP contribution is 2.50. The van der Waals surface area contributed by atoms with E-state index < -0.39 is 0 Å². The third-order valence-electron chi connectivity index (χ3n) is 12.4. The van der Waals surface area contributed by atoms with Gasteiger partial charge in [0.25, 0.3) is 0 Å². The average Bonchev–Trinajstić information content (AvgIpc) is 3.90. The van der Waals surface area contributed by atoms with Gasteiger partial charge in [-0.25, -0.2) is 4.98 Å². The lowest BCUT2D eigenvalue weighted by Gasteiger charge is -2.22. The Kier molecular flexibility index (Phi) is 7.20. The van der Waals surface area contributed by atoms with Gasteiger partial charge in [0.15, 0.2) is 11.6 Å². The number of rotatable bonds is 5. The van der Waals surface area contributed by atoms with Crippen molar-refractivity contribution in [2.24, 2.45) is 0 Å². The van der Waals surface area contributed by atoms with Crippen molar-refractivity contribution in [1.82, 2.24) is 24.1 Å². The summed E-state index contributed by atoms with van der Waals surface area (Å²) in [5.41, 5.74) is 15.0.